The van der Waals surface area contributed by atoms with Crippen LogP contribution >= 0.6 is 0 Å². The van der Waals surface area contributed by atoms with E-state index >= 15 is 0 Å². The van der Waals surface area contributed by atoms with Gasteiger partial charge in [0.1, 0.15) is 12.4 Å². The van der Waals surface area contributed by atoms with Crippen molar-refractivity contribution in [2.24, 2.45) is 10.9 Å². The Morgan fingerprint density at radius 3 is 3.00 bits per heavy atom. The lowest BCUT2D eigenvalue weighted by Gasteiger charge is -2.25. The number of nitrogens with one attached hydrogen (secondary N) is 2. The molecule has 2 N–H and O–H groups in total. The summed E-state index contributed by atoms with van der Waals surface area (Å²) in [5, 5.41) is 11.4. The number of ether oxygens (including phenoxy) is 1. The molecule has 2 heterocycles. The minimum Gasteiger partial charge on any atom is -0.377 e. The van der Waals surface area contributed by atoms with Gasteiger partial charge in [-0.25, -0.2) is 9.67 Å². The highest BCUT2D eigenvalue weighted by Crippen LogP contribution is 2.13. The molecule has 1 aliphatic heterocycles. The normalized spacial score (nSPS) is 18.1. The molecule has 0 saturated heterocycles. The Hall–Kier alpha value is -1.63. The van der Waals surface area contributed by atoms with Gasteiger partial charge in [-0.05, 0) is 25.2 Å². The number of rotatable bonds is 7. The van der Waals surface area contributed by atoms with Crippen LogP contribution in [0.2, 0.25) is 0 Å². The lowest BCUT2D eigenvalue weighted by molar-refractivity contribution is 0.177. The number of nitrogens with zero attached hydrogens (tertiary/aromatic N) is 4. The zero-order valence-electron chi connectivity index (χ0n) is 14.8. The maximum Gasteiger partial charge on any atom is 0.191 e. The number of aryl methyl sites for hydroxylation is 1. The predicted molar refractivity (Wildman–Crippen MR) is 91.4 cm³/mol. The Labute approximate surface area is 138 Å². The van der Waals surface area contributed by atoms with Crippen molar-refractivity contribution in [1.82, 2.24) is 25.4 Å². The Kier molecular flexibility index (Phi) is 6.83. The van der Waals surface area contributed by atoms with E-state index in [1.165, 1.54) is 6.42 Å². The molecule has 0 spiro atoms. The Morgan fingerprint density at radius 2 is 2.30 bits per heavy atom. The first-order chi connectivity index (χ1) is 11.1. The lowest BCUT2D eigenvalue weighted by atomic mass is 10.1. The minimum atomic E-state index is 0.330. The number of guanidine groups is 1. The van der Waals surface area contributed by atoms with Crippen molar-refractivity contribution in [2.45, 2.75) is 58.7 Å². The molecule has 1 aliphatic rings. The first-order valence-electron chi connectivity index (χ1n) is 8.51. The summed E-state index contributed by atoms with van der Waals surface area (Å²) in [6.07, 6.45) is 4.37. The van der Waals surface area contributed by atoms with E-state index < -0.39 is 0 Å². The first-order valence-corrected chi connectivity index (χ1v) is 8.51. The molecule has 1 aromatic rings. The second kappa shape index (κ2) is 8.86. The highest BCUT2D eigenvalue weighted by atomic mass is 16.5. The fourth-order valence-electron chi connectivity index (χ4n) is 2.77. The summed E-state index contributed by atoms with van der Waals surface area (Å²) >= 11 is 0. The van der Waals surface area contributed by atoms with Crippen LogP contribution in [0.25, 0.3) is 0 Å². The van der Waals surface area contributed by atoms with Gasteiger partial charge in [0.05, 0.1) is 6.54 Å². The van der Waals surface area contributed by atoms with Crippen LogP contribution in [0.3, 0.4) is 0 Å². The summed E-state index contributed by atoms with van der Waals surface area (Å²) in [5.74, 6) is 3.44. The van der Waals surface area contributed by atoms with Gasteiger partial charge < -0.3 is 15.4 Å². The average Bonchev–Trinajstić information content (AvgIpc) is 2.92. The Bertz CT molecular complexity index is 511. The van der Waals surface area contributed by atoms with Crippen LogP contribution in [0.1, 0.15) is 44.8 Å². The largest absolute Gasteiger partial charge is 0.377 e. The maximum absolute atomic E-state index is 5.10. The maximum atomic E-state index is 5.10. The highest BCUT2D eigenvalue weighted by Gasteiger charge is 2.22. The third-order valence-corrected chi connectivity index (χ3v) is 3.99. The van der Waals surface area contributed by atoms with E-state index in [1.807, 2.05) is 11.7 Å². The van der Waals surface area contributed by atoms with Crippen LogP contribution < -0.4 is 10.6 Å². The van der Waals surface area contributed by atoms with Crippen LogP contribution in [0.15, 0.2) is 4.99 Å². The summed E-state index contributed by atoms with van der Waals surface area (Å²) in [6.45, 7) is 6.75. The highest BCUT2D eigenvalue weighted by molar-refractivity contribution is 5.79. The molecule has 1 aromatic heterocycles. The van der Waals surface area contributed by atoms with E-state index in [0.29, 0.717) is 12.6 Å². The summed E-state index contributed by atoms with van der Waals surface area (Å²) in [6, 6.07) is 0.330. The van der Waals surface area contributed by atoms with Gasteiger partial charge in [0.2, 0.25) is 0 Å². The fraction of sp³-hybridized carbons (Fsp3) is 0.812. The zero-order valence-corrected chi connectivity index (χ0v) is 14.8. The van der Waals surface area contributed by atoms with Crippen molar-refractivity contribution < 1.29 is 4.74 Å². The number of aromatic nitrogens is 3. The average molecular weight is 322 g/mol. The predicted octanol–water partition coefficient (Wildman–Crippen LogP) is 1.34. The molecule has 0 bridgehead atoms. The molecule has 2 rings (SSSR count). The van der Waals surface area contributed by atoms with Crippen LogP contribution in [0.4, 0.5) is 0 Å². The Morgan fingerprint density at radius 1 is 1.48 bits per heavy atom. The number of hydrogen-bond donors (Lipinski definition) is 2. The van der Waals surface area contributed by atoms with Gasteiger partial charge in [0, 0.05) is 33.2 Å². The second-order valence-electron chi connectivity index (χ2n) is 6.47. The molecule has 1 unspecified atom stereocenters. The molecule has 7 heteroatoms. The quantitative estimate of drug-likeness (QED) is 0.450. The smallest absolute Gasteiger partial charge is 0.191 e. The molecule has 0 aromatic carbocycles. The summed E-state index contributed by atoms with van der Waals surface area (Å²) in [5.41, 5.74) is 0. The summed E-state index contributed by atoms with van der Waals surface area (Å²) < 4.78 is 7.09. The molecule has 0 fully saturated rings. The monoisotopic (exact) mass is 322 g/mol. The van der Waals surface area contributed by atoms with Crippen molar-refractivity contribution in [3.8, 4) is 0 Å². The molecule has 1 atom stereocenters. The van der Waals surface area contributed by atoms with Crippen LogP contribution in [0, 0.1) is 5.92 Å². The molecule has 0 radical (unpaired) electrons. The van der Waals surface area contributed by atoms with Crippen molar-refractivity contribution in [1.29, 1.82) is 0 Å². The SMILES string of the molecule is CN=C(NCCCC(C)C)NC1CCc2nc(COC)nn2C1. The molecule has 0 saturated carbocycles. The van der Waals surface area contributed by atoms with E-state index in [0.717, 1.165) is 55.9 Å². The standard InChI is InChI=1S/C16H30N6O/c1-12(2)6-5-9-18-16(17-3)19-13-7-8-15-20-14(11-23-4)21-22(15)10-13/h12-13H,5-11H2,1-4H3,(H2,17,18,19). The van der Waals surface area contributed by atoms with E-state index in [-0.39, 0.29) is 0 Å². The minimum absolute atomic E-state index is 0.330. The first kappa shape index (κ1) is 17.7. The Balaban J connectivity index is 1.80. The topological polar surface area (TPSA) is 76.4 Å². The number of aliphatic imine (C=N–C) groups is 1. The molecular formula is C16H30N6O. The van der Waals surface area contributed by atoms with E-state index in [2.05, 4.69) is 39.6 Å². The van der Waals surface area contributed by atoms with Gasteiger partial charge in [-0.15, -0.1) is 0 Å². The zero-order chi connectivity index (χ0) is 16.7. The molecular weight excluding hydrogens is 292 g/mol. The van der Waals surface area contributed by atoms with E-state index in [1.54, 1.807) is 7.11 Å². The summed E-state index contributed by atoms with van der Waals surface area (Å²) in [4.78, 5) is 8.82. The molecule has 0 amide bonds. The summed E-state index contributed by atoms with van der Waals surface area (Å²) in [7, 11) is 3.48. The van der Waals surface area contributed by atoms with Gasteiger partial charge in [-0.1, -0.05) is 13.8 Å². The molecule has 130 valence electrons. The third kappa shape index (κ3) is 5.49. The van der Waals surface area contributed by atoms with Gasteiger partial charge in [-0.2, -0.15) is 5.10 Å². The van der Waals surface area contributed by atoms with Crippen molar-refractivity contribution in [2.75, 3.05) is 20.7 Å². The molecule has 0 aliphatic carbocycles. The van der Waals surface area contributed by atoms with Crippen LogP contribution in [0.5, 0.6) is 0 Å². The van der Waals surface area contributed by atoms with Crippen LogP contribution in [-0.4, -0.2) is 47.5 Å². The fourth-order valence-corrected chi connectivity index (χ4v) is 2.77. The van der Waals surface area contributed by atoms with Crippen molar-refractivity contribution in [3.63, 3.8) is 0 Å². The lowest BCUT2D eigenvalue weighted by Crippen LogP contribution is -2.47. The third-order valence-electron chi connectivity index (χ3n) is 3.99. The van der Waals surface area contributed by atoms with Gasteiger partial charge in [0.15, 0.2) is 11.8 Å². The van der Waals surface area contributed by atoms with Gasteiger partial charge >= 0.3 is 0 Å². The van der Waals surface area contributed by atoms with Gasteiger partial charge in [0.25, 0.3) is 0 Å². The number of hydrogen-bond acceptors (Lipinski definition) is 4. The van der Waals surface area contributed by atoms with E-state index in [9.17, 15) is 0 Å². The second-order valence-corrected chi connectivity index (χ2v) is 6.47. The van der Waals surface area contributed by atoms with Crippen LogP contribution in [-0.2, 0) is 24.3 Å². The van der Waals surface area contributed by atoms with E-state index in [4.69, 9.17) is 4.74 Å². The van der Waals surface area contributed by atoms with Gasteiger partial charge in [-0.3, -0.25) is 4.99 Å². The molecule has 7 nitrogen and oxygen atoms in total. The number of fused-ring (bicyclic) bond motifs is 1. The van der Waals surface area contributed by atoms with Crippen molar-refractivity contribution >= 4 is 5.96 Å². The molecule has 23 heavy (non-hydrogen) atoms. The van der Waals surface area contributed by atoms with Crippen molar-refractivity contribution in [3.05, 3.63) is 11.6 Å². The number of methoxy groups -OCH3 is 1.